The summed E-state index contributed by atoms with van der Waals surface area (Å²) in [7, 11) is 0. The van der Waals surface area contributed by atoms with Crippen molar-refractivity contribution in [3.8, 4) is 11.5 Å². The summed E-state index contributed by atoms with van der Waals surface area (Å²) in [6.45, 7) is 11.2. The molecule has 5 rings (SSSR count). The van der Waals surface area contributed by atoms with E-state index >= 15 is 0 Å². The Morgan fingerprint density at radius 3 is 2.27 bits per heavy atom. The van der Waals surface area contributed by atoms with Crippen LogP contribution in [-0.2, 0) is 14.4 Å². The highest BCUT2D eigenvalue weighted by Crippen LogP contribution is 2.63. The highest BCUT2D eigenvalue weighted by Gasteiger charge is 2.64. The number of hydrogen-bond donors (Lipinski definition) is 4. The molecule has 0 aromatic heterocycles. The molecule has 12 heteroatoms. The van der Waals surface area contributed by atoms with Gasteiger partial charge in [-0.3, -0.25) is 4.79 Å². The minimum atomic E-state index is -1.16. The second-order valence-corrected chi connectivity index (χ2v) is 18.3. The minimum absolute atomic E-state index is 0.109. The predicted octanol–water partition coefficient (Wildman–Crippen LogP) is 11.1. The molecule has 0 unspecified atom stereocenters. The van der Waals surface area contributed by atoms with E-state index in [1.54, 1.807) is 23.9 Å². The largest absolute Gasteiger partial charge is 0.460 e. The van der Waals surface area contributed by atoms with Gasteiger partial charge in [-0.25, -0.2) is 4.79 Å². The van der Waals surface area contributed by atoms with Gasteiger partial charge < -0.3 is 39.9 Å². The fraction of sp³-hybridized carbons (Fsp3) is 0.620. The van der Waals surface area contributed by atoms with Gasteiger partial charge in [0.15, 0.2) is 0 Å². The first-order valence-electron chi connectivity index (χ1n) is 23.5. The molecule has 1 saturated carbocycles. The number of nitrogens with one attached hydrogen (secondary N) is 2. The zero-order valence-electron chi connectivity index (χ0n) is 37.5. The summed E-state index contributed by atoms with van der Waals surface area (Å²) >= 11 is 1.65. The second-order valence-electron chi connectivity index (χ2n) is 17.0. The number of oxime groups is 1. The third-order valence-electron chi connectivity index (χ3n) is 12.4. The van der Waals surface area contributed by atoms with Crippen LogP contribution in [0.25, 0.3) is 0 Å². The Hall–Kier alpha value is -3.84. The van der Waals surface area contributed by atoms with Crippen LogP contribution in [0.2, 0.25) is 0 Å². The van der Waals surface area contributed by atoms with Crippen LogP contribution in [0.15, 0.2) is 76.8 Å². The van der Waals surface area contributed by atoms with Crippen molar-refractivity contribution in [2.45, 2.75) is 152 Å². The lowest BCUT2D eigenvalue weighted by Gasteiger charge is -2.58. The first-order chi connectivity index (χ1) is 30.3. The second kappa shape index (κ2) is 26.1. The SMILES string of the molecule is C=CCO[C@@]12Oc3ccc(OC(=O)NCCCCCCCCCCCC)cc3[C@H]3[C@H](CCCCO)[C@@H](CCCCO)C=C(C(=NOCC)C[C@@H]1Sc1ccc(NC(C)=O)cc1)[C@H]32. The summed E-state index contributed by atoms with van der Waals surface area (Å²) in [5.74, 6) is -0.408. The summed E-state index contributed by atoms with van der Waals surface area (Å²) in [6.07, 6.45) is 21.2. The van der Waals surface area contributed by atoms with Crippen molar-refractivity contribution in [1.29, 1.82) is 0 Å². The van der Waals surface area contributed by atoms with Crippen LogP contribution < -0.4 is 20.1 Å². The monoisotopic (exact) mass is 876 g/mol. The van der Waals surface area contributed by atoms with Crippen molar-refractivity contribution < 1.29 is 38.9 Å². The molecule has 4 N–H and O–H groups in total. The number of aliphatic hydroxyl groups excluding tert-OH is 2. The molecule has 6 atom stereocenters. The van der Waals surface area contributed by atoms with E-state index in [1.807, 2.05) is 43.3 Å². The van der Waals surface area contributed by atoms with E-state index in [4.69, 9.17) is 24.2 Å². The number of anilines is 1. The lowest BCUT2D eigenvalue weighted by atomic mass is 9.56. The molecule has 2 aliphatic carbocycles. The lowest BCUT2D eigenvalue weighted by Crippen LogP contribution is -2.64. The van der Waals surface area contributed by atoms with Gasteiger partial charge in [0, 0.05) is 55.2 Å². The lowest BCUT2D eigenvalue weighted by molar-refractivity contribution is -0.223. The van der Waals surface area contributed by atoms with Gasteiger partial charge in [-0.05, 0) is 98.9 Å². The quantitative estimate of drug-likeness (QED) is 0.0372. The third-order valence-corrected chi connectivity index (χ3v) is 13.7. The number of ether oxygens (including phenoxy) is 3. The van der Waals surface area contributed by atoms with Gasteiger partial charge in [0.05, 0.1) is 23.5 Å². The number of carbonyl (C=O) groups excluding carboxylic acids is 2. The summed E-state index contributed by atoms with van der Waals surface area (Å²) in [4.78, 5) is 31.8. The van der Waals surface area contributed by atoms with Crippen LogP contribution in [0.4, 0.5) is 10.5 Å². The molecule has 2 amide bonds. The van der Waals surface area contributed by atoms with Gasteiger partial charge in [-0.1, -0.05) is 94.9 Å². The molecule has 1 fully saturated rings. The van der Waals surface area contributed by atoms with E-state index in [-0.39, 0.29) is 54.6 Å². The molecule has 2 aromatic rings. The molecule has 1 heterocycles. The van der Waals surface area contributed by atoms with E-state index in [0.29, 0.717) is 49.6 Å². The zero-order valence-corrected chi connectivity index (χ0v) is 38.4. The molecule has 62 heavy (non-hydrogen) atoms. The number of aliphatic hydroxyl groups is 2. The molecule has 0 saturated heterocycles. The van der Waals surface area contributed by atoms with E-state index in [9.17, 15) is 19.8 Å². The van der Waals surface area contributed by atoms with Crippen LogP contribution >= 0.6 is 11.8 Å². The minimum Gasteiger partial charge on any atom is -0.460 e. The van der Waals surface area contributed by atoms with Crippen molar-refractivity contribution in [2.75, 3.05) is 38.3 Å². The first kappa shape index (κ1) is 49.2. The average molecular weight is 876 g/mol. The number of allylic oxidation sites excluding steroid dienone is 1. The van der Waals surface area contributed by atoms with Crippen molar-refractivity contribution in [2.24, 2.45) is 22.9 Å². The van der Waals surface area contributed by atoms with Crippen LogP contribution in [0.1, 0.15) is 141 Å². The van der Waals surface area contributed by atoms with E-state index in [0.717, 1.165) is 60.3 Å². The number of benzene rings is 2. The number of nitrogens with zero attached hydrogens (tertiary/aromatic N) is 1. The van der Waals surface area contributed by atoms with Gasteiger partial charge in [-0.2, -0.15) is 0 Å². The van der Waals surface area contributed by atoms with Gasteiger partial charge in [-0.15, -0.1) is 18.3 Å². The molecule has 11 nitrogen and oxygen atoms in total. The summed E-state index contributed by atoms with van der Waals surface area (Å²) in [5.41, 5.74) is 3.54. The number of fused-ring (bicyclic) bond motifs is 2. The van der Waals surface area contributed by atoms with Gasteiger partial charge >= 0.3 is 6.09 Å². The standard InChI is InChI=1S/C50H73N3O8S/c1-5-8-9-10-11-12-13-14-15-18-29-51-49(57)60-39-25-28-45-43(34-39)47-41(22-17-20-31-55)37(21-16-19-30-54)33-42-44(53-59-7-3)35-46(50(61-45,48(42)47)58-32-6-2)62-40-26-23-38(24-27-40)52-36(4)56/h6,23-28,33-34,37,41,46-48,54-55H,2,5,7-22,29-32,35H2,1,3-4H3,(H,51,57)(H,52,56)/t37-,41+,46-,47+,48+,50+/m0/s1. The Labute approximate surface area is 374 Å². The number of amides is 2. The van der Waals surface area contributed by atoms with Crippen molar-refractivity contribution in [3.05, 3.63) is 72.3 Å². The summed E-state index contributed by atoms with van der Waals surface area (Å²) < 4.78 is 20.3. The molecule has 342 valence electrons. The van der Waals surface area contributed by atoms with E-state index in [1.165, 1.54) is 58.3 Å². The van der Waals surface area contributed by atoms with Gasteiger partial charge in [0.2, 0.25) is 11.7 Å². The highest BCUT2D eigenvalue weighted by molar-refractivity contribution is 8.00. The Balaban J connectivity index is 1.48. The fourth-order valence-electron chi connectivity index (χ4n) is 9.56. The third kappa shape index (κ3) is 13.6. The van der Waals surface area contributed by atoms with Crippen LogP contribution in [0.5, 0.6) is 11.5 Å². The van der Waals surface area contributed by atoms with Crippen molar-refractivity contribution in [3.63, 3.8) is 0 Å². The smallest absolute Gasteiger partial charge is 0.412 e. The molecule has 1 aliphatic heterocycles. The molecular weight excluding hydrogens is 803 g/mol. The number of thioether (sulfide) groups is 1. The Morgan fingerprint density at radius 1 is 0.919 bits per heavy atom. The maximum atomic E-state index is 13.2. The Bertz CT molecular complexity index is 1770. The molecule has 0 bridgehead atoms. The van der Waals surface area contributed by atoms with Crippen molar-refractivity contribution in [1.82, 2.24) is 5.32 Å². The average Bonchev–Trinajstić information content (AvgIpc) is 3.26. The maximum absolute atomic E-state index is 13.2. The molecular formula is C50H73N3O8S. The number of rotatable bonds is 28. The summed E-state index contributed by atoms with van der Waals surface area (Å²) in [6, 6.07) is 13.5. The zero-order chi connectivity index (χ0) is 44.2. The van der Waals surface area contributed by atoms with Gasteiger partial charge in [0.25, 0.3) is 0 Å². The normalized spacial score (nSPS) is 23.1. The molecule has 0 spiro atoms. The highest BCUT2D eigenvalue weighted by atomic mass is 32.2. The summed E-state index contributed by atoms with van der Waals surface area (Å²) in [5, 5.41) is 30.1. The van der Waals surface area contributed by atoms with E-state index in [2.05, 4.69) is 30.2 Å². The topological polar surface area (TPSA) is 148 Å². The maximum Gasteiger partial charge on any atom is 0.412 e. The van der Waals surface area contributed by atoms with Gasteiger partial charge in [0.1, 0.15) is 18.1 Å². The fourth-order valence-corrected chi connectivity index (χ4v) is 10.9. The van der Waals surface area contributed by atoms with Crippen LogP contribution in [0, 0.1) is 17.8 Å². The Morgan fingerprint density at radius 2 is 1.61 bits per heavy atom. The first-order valence-corrected chi connectivity index (χ1v) is 24.4. The van der Waals surface area contributed by atoms with Crippen LogP contribution in [-0.4, -0.2) is 71.9 Å². The Kier molecular flexibility index (Phi) is 20.7. The predicted molar refractivity (Wildman–Crippen MR) is 249 cm³/mol. The van der Waals surface area contributed by atoms with Crippen LogP contribution in [0.3, 0.4) is 0 Å². The molecule has 0 radical (unpaired) electrons. The number of hydrogen-bond acceptors (Lipinski definition) is 10. The number of unbranched alkanes of at least 4 members (excludes halogenated alkanes) is 11. The molecule has 3 aliphatic rings. The van der Waals surface area contributed by atoms with E-state index < -0.39 is 11.9 Å². The van der Waals surface area contributed by atoms with Crippen molar-refractivity contribution >= 4 is 35.2 Å². The number of carbonyl (C=O) groups is 2. The molecule has 2 aromatic carbocycles.